The molecule has 0 radical (unpaired) electrons. The molecule has 86 valence electrons. The topological polar surface area (TPSA) is 3.24 Å². The van der Waals surface area contributed by atoms with Gasteiger partial charge in [-0.15, -0.1) is 0 Å². The van der Waals surface area contributed by atoms with Crippen molar-refractivity contribution in [2.75, 3.05) is 42.6 Å². The Morgan fingerprint density at radius 1 is 0.786 bits per heavy atom. The van der Waals surface area contributed by atoms with E-state index in [0.29, 0.717) is 0 Å². The van der Waals surface area contributed by atoms with Gasteiger partial charge in [-0.2, -0.15) is 23.5 Å². The summed E-state index contributed by atoms with van der Waals surface area (Å²) in [5.74, 6) is 5.29. The van der Waals surface area contributed by atoms with Crippen LogP contribution < -0.4 is 0 Å². The van der Waals surface area contributed by atoms with Crippen molar-refractivity contribution in [1.29, 1.82) is 0 Å². The Labute approximate surface area is 98.4 Å². The SMILES string of the molecule is CCCSCCSCCN(CC)CC. The van der Waals surface area contributed by atoms with Gasteiger partial charge >= 0.3 is 0 Å². The lowest BCUT2D eigenvalue weighted by atomic mass is 10.5. The molecule has 0 aliphatic heterocycles. The summed E-state index contributed by atoms with van der Waals surface area (Å²) in [7, 11) is 0. The molecular weight excluding hydrogens is 210 g/mol. The first-order valence-corrected chi connectivity index (χ1v) is 8.03. The molecular formula is C11H25NS2. The second-order valence-electron chi connectivity index (χ2n) is 3.25. The molecule has 0 unspecified atom stereocenters. The van der Waals surface area contributed by atoms with Gasteiger partial charge in [-0.3, -0.25) is 0 Å². The van der Waals surface area contributed by atoms with E-state index < -0.39 is 0 Å². The van der Waals surface area contributed by atoms with Crippen molar-refractivity contribution in [2.24, 2.45) is 0 Å². The minimum absolute atomic E-state index is 1.20. The smallest absolute Gasteiger partial charge is 0.00721 e. The summed E-state index contributed by atoms with van der Waals surface area (Å²) >= 11 is 4.19. The summed E-state index contributed by atoms with van der Waals surface area (Å²) in [5.41, 5.74) is 0. The van der Waals surface area contributed by atoms with Gasteiger partial charge in [-0.05, 0) is 25.3 Å². The standard InChI is InChI=1S/C11H25NS2/c1-4-8-13-10-11-14-9-7-12(5-2)6-3/h4-11H2,1-3H3. The second-order valence-corrected chi connectivity index (χ2v) is 5.70. The molecule has 0 aromatic heterocycles. The lowest BCUT2D eigenvalue weighted by Gasteiger charge is -2.17. The molecule has 3 heteroatoms. The Hall–Kier alpha value is 0.660. The van der Waals surface area contributed by atoms with Crippen LogP contribution in [0, 0.1) is 0 Å². The Bertz CT molecular complexity index is 105. The zero-order chi connectivity index (χ0) is 10.6. The summed E-state index contributed by atoms with van der Waals surface area (Å²) in [6.07, 6.45) is 1.31. The molecule has 0 amide bonds. The van der Waals surface area contributed by atoms with Crippen LogP contribution in [-0.2, 0) is 0 Å². The fourth-order valence-electron chi connectivity index (χ4n) is 1.20. The van der Waals surface area contributed by atoms with Crippen molar-refractivity contribution < 1.29 is 0 Å². The largest absolute Gasteiger partial charge is 0.303 e. The number of thioether (sulfide) groups is 2. The van der Waals surface area contributed by atoms with E-state index >= 15 is 0 Å². The van der Waals surface area contributed by atoms with Crippen molar-refractivity contribution in [3.8, 4) is 0 Å². The van der Waals surface area contributed by atoms with Crippen molar-refractivity contribution in [1.82, 2.24) is 4.90 Å². The summed E-state index contributed by atoms with van der Waals surface area (Å²) in [5, 5.41) is 0. The first kappa shape index (κ1) is 14.7. The molecule has 0 saturated carbocycles. The number of rotatable bonds is 10. The summed E-state index contributed by atoms with van der Waals surface area (Å²) in [6, 6.07) is 0. The van der Waals surface area contributed by atoms with Crippen LogP contribution in [0.1, 0.15) is 27.2 Å². The van der Waals surface area contributed by atoms with E-state index in [2.05, 4.69) is 49.2 Å². The first-order valence-electron chi connectivity index (χ1n) is 5.72. The maximum Gasteiger partial charge on any atom is 0.00721 e. The minimum atomic E-state index is 1.20. The van der Waals surface area contributed by atoms with Gasteiger partial charge in [0.05, 0.1) is 0 Å². The van der Waals surface area contributed by atoms with Crippen LogP contribution >= 0.6 is 23.5 Å². The van der Waals surface area contributed by atoms with Gasteiger partial charge in [0.2, 0.25) is 0 Å². The zero-order valence-corrected chi connectivity index (χ0v) is 11.6. The third-order valence-corrected chi connectivity index (χ3v) is 4.58. The monoisotopic (exact) mass is 235 g/mol. The predicted molar refractivity (Wildman–Crippen MR) is 72.7 cm³/mol. The maximum atomic E-state index is 2.49. The molecule has 0 rings (SSSR count). The third-order valence-electron chi connectivity index (χ3n) is 2.17. The molecule has 0 aliphatic carbocycles. The quantitative estimate of drug-likeness (QED) is 0.535. The lowest BCUT2D eigenvalue weighted by Crippen LogP contribution is -2.25. The lowest BCUT2D eigenvalue weighted by molar-refractivity contribution is 0.324. The summed E-state index contributed by atoms with van der Waals surface area (Å²) < 4.78 is 0. The molecule has 0 aromatic rings. The average molecular weight is 235 g/mol. The van der Waals surface area contributed by atoms with Crippen LogP contribution in [0.25, 0.3) is 0 Å². The maximum absolute atomic E-state index is 2.49. The molecule has 0 saturated heterocycles. The molecule has 0 fully saturated rings. The number of hydrogen-bond acceptors (Lipinski definition) is 3. The Kier molecular flexibility index (Phi) is 12.3. The molecule has 0 heterocycles. The van der Waals surface area contributed by atoms with Crippen LogP contribution in [0.3, 0.4) is 0 Å². The van der Waals surface area contributed by atoms with Gasteiger partial charge in [-0.25, -0.2) is 0 Å². The van der Waals surface area contributed by atoms with Crippen molar-refractivity contribution in [2.45, 2.75) is 27.2 Å². The average Bonchev–Trinajstić information content (AvgIpc) is 2.22. The van der Waals surface area contributed by atoms with Gasteiger partial charge in [0, 0.05) is 23.8 Å². The van der Waals surface area contributed by atoms with E-state index in [1.165, 1.54) is 49.1 Å². The summed E-state index contributed by atoms with van der Waals surface area (Å²) in [6.45, 7) is 10.4. The molecule has 0 N–H and O–H groups in total. The van der Waals surface area contributed by atoms with Crippen LogP contribution in [0.4, 0.5) is 0 Å². The van der Waals surface area contributed by atoms with Crippen LogP contribution in [0.15, 0.2) is 0 Å². The van der Waals surface area contributed by atoms with Crippen molar-refractivity contribution >= 4 is 23.5 Å². The Morgan fingerprint density at radius 2 is 1.36 bits per heavy atom. The van der Waals surface area contributed by atoms with Gasteiger partial charge in [0.15, 0.2) is 0 Å². The van der Waals surface area contributed by atoms with Gasteiger partial charge in [0.1, 0.15) is 0 Å². The number of hydrogen-bond donors (Lipinski definition) is 0. The van der Waals surface area contributed by atoms with E-state index in [1.54, 1.807) is 0 Å². The van der Waals surface area contributed by atoms with Gasteiger partial charge in [0.25, 0.3) is 0 Å². The molecule has 0 spiro atoms. The third kappa shape index (κ3) is 9.22. The highest BCUT2D eigenvalue weighted by Crippen LogP contribution is 2.08. The van der Waals surface area contributed by atoms with E-state index in [1.807, 2.05) is 0 Å². The Morgan fingerprint density at radius 3 is 1.86 bits per heavy atom. The molecule has 0 bridgehead atoms. The van der Waals surface area contributed by atoms with Crippen LogP contribution in [0.5, 0.6) is 0 Å². The fraction of sp³-hybridized carbons (Fsp3) is 1.00. The van der Waals surface area contributed by atoms with Gasteiger partial charge in [-0.1, -0.05) is 20.8 Å². The molecule has 1 nitrogen and oxygen atoms in total. The van der Waals surface area contributed by atoms with E-state index in [0.717, 1.165) is 0 Å². The predicted octanol–water partition coefficient (Wildman–Crippen LogP) is 3.20. The second kappa shape index (κ2) is 11.7. The fourth-order valence-corrected chi connectivity index (χ4v) is 3.23. The van der Waals surface area contributed by atoms with E-state index in [4.69, 9.17) is 0 Å². The highest BCUT2D eigenvalue weighted by atomic mass is 32.2. The van der Waals surface area contributed by atoms with E-state index in [9.17, 15) is 0 Å². The van der Waals surface area contributed by atoms with Crippen molar-refractivity contribution in [3.63, 3.8) is 0 Å². The highest BCUT2D eigenvalue weighted by molar-refractivity contribution is 8.02. The zero-order valence-electron chi connectivity index (χ0n) is 9.92. The molecule has 0 atom stereocenters. The molecule has 0 aliphatic rings. The van der Waals surface area contributed by atoms with Crippen molar-refractivity contribution in [3.05, 3.63) is 0 Å². The molecule has 0 aromatic carbocycles. The normalized spacial score (nSPS) is 11.1. The highest BCUT2D eigenvalue weighted by Gasteiger charge is 1.97. The van der Waals surface area contributed by atoms with Gasteiger partial charge < -0.3 is 4.90 Å². The molecule has 14 heavy (non-hydrogen) atoms. The van der Waals surface area contributed by atoms with Crippen LogP contribution in [0.2, 0.25) is 0 Å². The number of nitrogens with zero attached hydrogens (tertiary/aromatic N) is 1. The first-order chi connectivity index (χ1) is 6.85. The van der Waals surface area contributed by atoms with E-state index in [-0.39, 0.29) is 0 Å². The van der Waals surface area contributed by atoms with Crippen LogP contribution in [-0.4, -0.2) is 47.5 Å². The Balaban J connectivity index is 3.04. The minimum Gasteiger partial charge on any atom is -0.303 e. The summed E-state index contributed by atoms with van der Waals surface area (Å²) in [4.78, 5) is 2.49.